The molecule has 0 unspecified atom stereocenters. The van der Waals surface area contributed by atoms with Gasteiger partial charge in [0.2, 0.25) is 0 Å². The molecule has 4 nitrogen and oxygen atoms in total. The first-order valence-corrected chi connectivity index (χ1v) is 4.99. The summed E-state index contributed by atoms with van der Waals surface area (Å²) in [6.07, 6.45) is -10.8. The van der Waals surface area contributed by atoms with Gasteiger partial charge in [0.05, 0.1) is 18.2 Å². The number of hydrogen-bond acceptors (Lipinski definition) is 4. The third kappa shape index (κ3) is 3.77. The summed E-state index contributed by atoms with van der Waals surface area (Å²) >= 11 is 0. The van der Waals surface area contributed by atoms with Gasteiger partial charge in [0, 0.05) is 0 Å². The van der Waals surface area contributed by atoms with E-state index in [0.29, 0.717) is 12.1 Å². The molecule has 10 heteroatoms. The lowest BCUT2D eigenvalue weighted by Crippen LogP contribution is -2.23. The van der Waals surface area contributed by atoms with Crippen molar-refractivity contribution in [1.82, 2.24) is 0 Å². The molecular weight excluding hydrogens is 308 g/mol. The lowest BCUT2D eigenvalue weighted by atomic mass is 10.0. The third-order valence-electron chi connectivity index (χ3n) is 2.18. The number of methoxy groups -OCH3 is 1. The molecule has 0 bridgehead atoms. The number of alkyl halides is 6. The van der Waals surface area contributed by atoms with Gasteiger partial charge in [0.1, 0.15) is 11.6 Å². The quantitative estimate of drug-likeness (QED) is 0.621. The van der Waals surface area contributed by atoms with E-state index in [9.17, 15) is 31.1 Å². The molecule has 0 spiro atoms. The minimum Gasteiger partial charge on any atom is -0.465 e. The van der Waals surface area contributed by atoms with Gasteiger partial charge in [-0.05, 0) is 12.1 Å². The van der Waals surface area contributed by atoms with Gasteiger partial charge in [-0.3, -0.25) is 0 Å². The van der Waals surface area contributed by atoms with Crippen molar-refractivity contribution in [2.45, 2.75) is 12.5 Å². The monoisotopic (exact) mass is 313 g/mol. The first-order valence-electron chi connectivity index (χ1n) is 4.99. The summed E-state index contributed by atoms with van der Waals surface area (Å²) < 4.78 is 82.8. The van der Waals surface area contributed by atoms with Gasteiger partial charge < -0.3 is 9.47 Å². The van der Waals surface area contributed by atoms with Gasteiger partial charge in [-0.15, -0.1) is 13.2 Å². The van der Waals surface area contributed by atoms with Gasteiger partial charge >= 0.3 is 18.5 Å². The van der Waals surface area contributed by atoms with Crippen molar-refractivity contribution in [3.63, 3.8) is 0 Å². The molecule has 0 amide bonds. The number of ether oxygens (including phenoxy) is 2. The molecule has 0 aliphatic heterocycles. The number of esters is 1. The van der Waals surface area contributed by atoms with Crippen molar-refractivity contribution in [2.75, 3.05) is 7.11 Å². The molecule has 0 saturated heterocycles. The van der Waals surface area contributed by atoms with Gasteiger partial charge in [0.15, 0.2) is 5.75 Å². The number of rotatable bonds is 2. The smallest absolute Gasteiger partial charge is 0.465 e. The Kier molecular flexibility index (Phi) is 4.36. The molecule has 0 aromatic heterocycles. The third-order valence-corrected chi connectivity index (χ3v) is 2.18. The average molecular weight is 313 g/mol. The largest absolute Gasteiger partial charge is 0.573 e. The summed E-state index contributed by atoms with van der Waals surface area (Å²) in [5.74, 6) is -3.31. The Morgan fingerprint density at radius 3 is 2.14 bits per heavy atom. The Bertz CT molecular complexity index is 600. The van der Waals surface area contributed by atoms with E-state index in [1.165, 1.54) is 0 Å². The van der Waals surface area contributed by atoms with Crippen LogP contribution in [0.25, 0.3) is 0 Å². The number of nitrogens with zero attached hydrogens (tertiary/aromatic N) is 1. The zero-order chi connectivity index (χ0) is 16.4. The molecular formula is C11H5F6NO3. The fraction of sp³-hybridized carbons (Fsp3) is 0.273. The second kappa shape index (κ2) is 5.51. The number of carbonyl (C=O) groups excluding carboxylic acids is 1. The van der Waals surface area contributed by atoms with E-state index in [1.807, 2.05) is 0 Å². The van der Waals surface area contributed by atoms with Crippen molar-refractivity contribution in [1.29, 1.82) is 5.26 Å². The predicted molar refractivity (Wildman–Crippen MR) is 54.2 cm³/mol. The molecule has 21 heavy (non-hydrogen) atoms. The second-order valence-corrected chi connectivity index (χ2v) is 3.51. The maximum Gasteiger partial charge on any atom is 0.573 e. The van der Waals surface area contributed by atoms with E-state index in [1.54, 1.807) is 0 Å². The Balaban J connectivity index is 3.71. The zero-order valence-electron chi connectivity index (χ0n) is 10.1. The lowest BCUT2D eigenvalue weighted by molar-refractivity contribution is -0.276. The normalized spacial score (nSPS) is 11.7. The molecule has 0 heterocycles. The van der Waals surface area contributed by atoms with Crippen LogP contribution in [0.1, 0.15) is 21.5 Å². The van der Waals surface area contributed by atoms with Crippen LogP contribution in [0.15, 0.2) is 12.1 Å². The fourth-order valence-corrected chi connectivity index (χ4v) is 1.45. The summed E-state index contributed by atoms with van der Waals surface area (Å²) in [5.41, 5.74) is -4.23. The van der Waals surface area contributed by atoms with Crippen LogP contribution < -0.4 is 4.74 Å². The minimum atomic E-state index is -5.47. The van der Waals surface area contributed by atoms with Crippen LogP contribution in [0.3, 0.4) is 0 Å². The van der Waals surface area contributed by atoms with Gasteiger partial charge in [-0.1, -0.05) is 0 Å². The Hall–Kier alpha value is -2.44. The Labute approximate surface area is 113 Å². The zero-order valence-corrected chi connectivity index (χ0v) is 10.1. The Morgan fingerprint density at radius 2 is 1.76 bits per heavy atom. The highest BCUT2D eigenvalue weighted by atomic mass is 19.4. The highest BCUT2D eigenvalue weighted by molar-refractivity contribution is 5.92. The molecule has 1 aromatic carbocycles. The number of nitriles is 1. The fourth-order valence-electron chi connectivity index (χ4n) is 1.45. The van der Waals surface area contributed by atoms with E-state index in [2.05, 4.69) is 9.47 Å². The molecule has 0 N–H and O–H groups in total. The van der Waals surface area contributed by atoms with E-state index >= 15 is 0 Å². The molecule has 1 aromatic rings. The van der Waals surface area contributed by atoms with Crippen LogP contribution in [0.4, 0.5) is 26.3 Å². The standard InChI is InChI=1S/C11H5F6NO3/c1-20-9(19)6-3-2-5(4-18)8(21-11(15,16)17)7(6)10(12,13)14/h2-3H,1H3. The lowest BCUT2D eigenvalue weighted by Gasteiger charge is -2.18. The van der Waals surface area contributed by atoms with Crippen LogP contribution in [-0.4, -0.2) is 19.4 Å². The van der Waals surface area contributed by atoms with Crippen LogP contribution in [-0.2, 0) is 10.9 Å². The molecule has 0 aliphatic rings. The van der Waals surface area contributed by atoms with Crippen molar-refractivity contribution in [2.24, 2.45) is 0 Å². The van der Waals surface area contributed by atoms with E-state index < -0.39 is 40.9 Å². The van der Waals surface area contributed by atoms with Crippen molar-refractivity contribution < 1.29 is 40.6 Å². The van der Waals surface area contributed by atoms with Gasteiger partial charge in [0.25, 0.3) is 0 Å². The number of hydrogen-bond donors (Lipinski definition) is 0. The molecule has 1 rings (SSSR count). The molecule has 0 atom stereocenters. The van der Waals surface area contributed by atoms with Crippen molar-refractivity contribution in [3.8, 4) is 11.8 Å². The maximum absolute atomic E-state index is 12.9. The second-order valence-electron chi connectivity index (χ2n) is 3.51. The van der Waals surface area contributed by atoms with Crippen LogP contribution in [0.5, 0.6) is 5.75 Å². The summed E-state index contributed by atoms with van der Waals surface area (Å²) in [6.45, 7) is 0. The van der Waals surface area contributed by atoms with E-state index in [-0.39, 0.29) is 0 Å². The Morgan fingerprint density at radius 1 is 1.19 bits per heavy atom. The first kappa shape index (κ1) is 16.6. The van der Waals surface area contributed by atoms with Crippen LogP contribution in [0, 0.1) is 11.3 Å². The SMILES string of the molecule is COC(=O)c1ccc(C#N)c(OC(F)(F)F)c1C(F)(F)F. The highest BCUT2D eigenvalue weighted by Gasteiger charge is 2.44. The van der Waals surface area contributed by atoms with Gasteiger partial charge in [-0.2, -0.15) is 18.4 Å². The summed E-state index contributed by atoms with van der Waals surface area (Å²) in [6, 6.07) is 2.28. The van der Waals surface area contributed by atoms with E-state index in [4.69, 9.17) is 5.26 Å². The highest BCUT2D eigenvalue weighted by Crippen LogP contribution is 2.42. The van der Waals surface area contributed by atoms with E-state index in [0.717, 1.165) is 13.2 Å². The summed E-state index contributed by atoms with van der Waals surface area (Å²) in [5, 5.41) is 8.61. The molecule has 0 fully saturated rings. The van der Waals surface area contributed by atoms with Gasteiger partial charge in [-0.25, -0.2) is 4.79 Å². The average Bonchev–Trinajstić information content (AvgIpc) is 2.33. The number of carbonyl (C=O) groups is 1. The number of benzene rings is 1. The topological polar surface area (TPSA) is 59.3 Å². The maximum atomic E-state index is 12.9. The van der Waals surface area contributed by atoms with Crippen molar-refractivity contribution in [3.05, 3.63) is 28.8 Å². The predicted octanol–water partition coefficient (Wildman–Crippen LogP) is 3.26. The molecule has 0 radical (unpaired) electrons. The van der Waals surface area contributed by atoms with Crippen molar-refractivity contribution >= 4 is 5.97 Å². The summed E-state index contributed by atoms with van der Waals surface area (Å²) in [4.78, 5) is 11.3. The van der Waals surface area contributed by atoms with Crippen LogP contribution in [0.2, 0.25) is 0 Å². The summed E-state index contributed by atoms with van der Waals surface area (Å²) in [7, 11) is 0.755. The molecule has 114 valence electrons. The molecule has 0 saturated carbocycles. The first-order chi connectivity index (χ1) is 9.51. The molecule has 0 aliphatic carbocycles. The minimum absolute atomic E-state index is 0.538. The number of halogens is 6. The van der Waals surface area contributed by atoms with Crippen LogP contribution >= 0.6 is 0 Å².